The summed E-state index contributed by atoms with van der Waals surface area (Å²) < 4.78 is 0. The van der Waals surface area contributed by atoms with Gasteiger partial charge in [-0.25, -0.2) is 0 Å². The number of nitrogens with one attached hydrogen (secondary N) is 2. The summed E-state index contributed by atoms with van der Waals surface area (Å²) in [4.78, 5) is 12.7. The van der Waals surface area contributed by atoms with Crippen molar-refractivity contribution in [3.8, 4) is 0 Å². The van der Waals surface area contributed by atoms with E-state index < -0.39 is 5.41 Å². The van der Waals surface area contributed by atoms with Crippen molar-refractivity contribution < 1.29 is 4.79 Å². The first kappa shape index (κ1) is 12.9. The van der Waals surface area contributed by atoms with Gasteiger partial charge in [-0.15, -0.1) is 0 Å². The van der Waals surface area contributed by atoms with Gasteiger partial charge in [0, 0.05) is 10.7 Å². The summed E-state index contributed by atoms with van der Waals surface area (Å²) in [5.74, 6) is 0.0913. The van der Waals surface area contributed by atoms with Crippen LogP contribution in [-0.4, -0.2) is 12.5 Å². The second-order valence-corrected chi connectivity index (χ2v) is 6.10. The van der Waals surface area contributed by atoms with E-state index in [1.807, 2.05) is 42.5 Å². The average molecular weight is 299 g/mol. The van der Waals surface area contributed by atoms with E-state index in [0.29, 0.717) is 5.02 Å². The summed E-state index contributed by atoms with van der Waals surface area (Å²) in [5, 5.41) is 7.24. The molecule has 1 spiro atoms. The molecule has 0 aromatic heterocycles. The van der Waals surface area contributed by atoms with Gasteiger partial charge >= 0.3 is 0 Å². The molecular weight excluding hydrogens is 284 g/mol. The number of rotatable bonds is 1. The SMILES string of the molecule is O=C1Nc2ccccc2C12CCNC2c1ccc(Cl)cc1. The van der Waals surface area contributed by atoms with Crippen molar-refractivity contribution in [1.82, 2.24) is 5.32 Å². The lowest BCUT2D eigenvalue weighted by Crippen LogP contribution is -2.39. The number of amides is 1. The number of hydrogen-bond acceptors (Lipinski definition) is 2. The summed E-state index contributed by atoms with van der Waals surface area (Å²) in [6.45, 7) is 0.828. The molecule has 2 aromatic rings. The van der Waals surface area contributed by atoms with Crippen molar-refractivity contribution >= 4 is 23.2 Å². The summed E-state index contributed by atoms with van der Waals surface area (Å²) >= 11 is 5.98. The van der Waals surface area contributed by atoms with Crippen molar-refractivity contribution in [1.29, 1.82) is 0 Å². The molecule has 2 unspecified atom stereocenters. The van der Waals surface area contributed by atoms with Crippen LogP contribution in [0.2, 0.25) is 5.02 Å². The van der Waals surface area contributed by atoms with E-state index in [1.54, 1.807) is 0 Å². The maximum atomic E-state index is 12.7. The Balaban J connectivity index is 1.86. The molecular formula is C17H15ClN2O. The van der Waals surface area contributed by atoms with Crippen LogP contribution in [0.15, 0.2) is 48.5 Å². The fourth-order valence-electron chi connectivity index (χ4n) is 3.66. The lowest BCUT2D eigenvalue weighted by molar-refractivity contribution is -0.121. The molecule has 0 radical (unpaired) electrons. The summed E-state index contributed by atoms with van der Waals surface area (Å²) in [6, 6.07) is 15.7. The van der Waals surface area contributed by atoms with Gasteiger partial charge in [-0.2, -0.15) is 0 Å². The van der Waals surface area contributed by atoms with Crippen LogP contribution < -0.4 is 10.6 Å². The number of carbonyl (C=O) groups excluding carboxylic acids is 1. The molecule has 1 amide bonds. The number of carbonyl (C=O) groups is 1. The Morgan fingerprint density at radius 1 is 1.10 bits per heavy atom. The van der Waals surface area contributed by atoms with Gasteiger partial charge in [-0.1, -0.05) is 41.9 Å². The van der Waals surface area contributed by atoms with Crippen LogP contribution in [0.5, 0.6) is 0 Å². The summed E-state index contributed by atoms with van der Waals surface area (Å²) in [6.07, 6.45) is 0.809. The lowest BCUT2D eigenvalue weighted by Gasteiger charge is -2.29. The van der Waals surface area contributed by atoms with Gasteiger partial charge in [0.25, 0.3) is 0 Å². The van der Waals surface area contributed by atoms with Gasteiger partial charge in [0.1, 0.15) is 0 Å². The zero-order chi connectivity index (χ0) is 14.4. The Hall–Kier alpha value is -1.84. The predicted molar refractivity (Wildman–Crippen MR) is 83.6 cm³/mol. The van der Waals surface area contributed by atoms with E-state index in [1.165, 1.54) is 0 Å². The van der Waals surface area contributed by atoms with Crippen molar-refractivity contribution in [2.75, 3.05) is 11.9 Å². The number of para-hydroxylation sites is 1. The zero-order valence-electron chi connectivity index (χ0n) is 11.4. The fourth-order valence-corrected chi connectivity index (χ4v) is 3.79. The molecule has 2 aromatic carbocycles. The van der Waals surface area contributed by atoms with Gasteiger partial charge in [0.15, 0.2) is 0 Å². The Kier molecular flexibility index (Phi) is 2.81. The van der Waals surface area contributed by atoms with Gasteiger partial charge in [0.2, 0.25) is 5.91 Å². The smallest absolute Gasteiger partial charge is 0.237 e. The van der Waals surface area contributed by atoms with Crippen molar-refractivity contribution in [2.45, 2.75) is 17.9 Å². The van der Waals surface area contributed by atoms with Crippen LogP contribution in [0.1, 0.15) is 23.6 Å². The molecule has 106 valence electrons. The Labute approximate surface area is 128 Å². The highest BCUT2D eigenvalue weighted by Gasteiger charge is 2.55. The number of anilines is 1. The van der Waals surface area contributed by atoms with Gasteiger partial charge < -0.3 is 10.6 Å². The molecule has 0 aliphatic carbocycles. The molecule has 1 saturated heterocycles. The highest BCUT2D eigenvalue weighted by atomic mass is 35.5. The van der Waals surface area contributed by atoms with Crippen LogP contribution in [0.25, 0.3) is 0 Å². The molecule has 21 heavy (non-hydrogen) atoms. The molecule has 0 bridgehead atoms. The van der Waals surface area contributed by atoms with E-state index in [9.17, 15) is 4.79 Å². The lowest BCUT2D eigenvalue weighted by atomic mass is 9.73. The van der Waals surface area contributed by atoms with Gasteiger partial charge in [-0.3, -0.25) is 4.79 Å². The number of benzene rings is 2. The number of fused-ring (bicyclic) bond motifs is 2. The molecule has 2 aliphatic heterocycles. The largest absolute Gasteiger partial charge is 0.325 e. The standard InChI is InChI=1S/C17H15ClN2O/c18-12-7-5-11(6-8-12)15-17(9-10-19-15)13-3-1-2-4-14(13)20-16(17)21/h1-8,15,19H,9-10H2,(H,20,21). The third-order valence-corrected chi connectivity index (χ3v) is 4.88. The van der Waals surface area contributed by atoms with Crippen molar-refractivity contribution in [2.24, 2.45) is 0 Å². The third-order valence-electron chi connectivity index (χ3n) is 4.63. The Bertz CT molecular complexity index is 713. The average Bonchev–Trinajstić information content (AvgIpc) is 3.05. The minimum absolute atomic E-state index is 0.0154. The van der Waals surface area contributed by atoms with Gasteiger partial charge in [0.05, 0.1) is 11.5 Å². The highest BCUT2D eigenvalue weighted by molar-refractivity contribution is 6.30. The minimum Gasteiger partial charge on any atom is -0.325 e. The van der Waals surface area contributed by atoms with E-state index in [0.717, 1.165) is 29.8 Å². The maximum Gasteiger partial charge on any atom is 0.237 e. The van der Waals surface area contributed by atoms with Gasteiger partial charge in [-0.05, 0) is 42.3 Å². The van der Waals surface area contributed by atoms with Crippen LogP contribution in [0, 0.1) is 0 Å². The molecule has 4 heteroatoms. The first-order chi connectivity index (χ1) is 10.2. The van der Waals surface area contributed by atoms with Crippen LogP contribution in [-0.2, 0) is 10.2 Å². The first-order valence-corrected chi connectivity index (χ1v) is 7.49. The Morgan fingerprint density at radius 3 is 2.67 bits per heavy atom. The minimum atomic E-state index is -0.510. The maximum absolute atomic E-state index is 12.7. The molecule has 1 fully saturated rings. The normalized spacial score (nSPS) is 26.9. The number of halogens is 1. The summed E-state index contributed by atoms with van der Waals surface area (Å²) in [7, 11) is 0. The highest BCUT2D eigenvalue weighted by Crippen LogP contribution is 2.50. The van der Waals surface area contributed by atoms with Crippen molar-refractivity contribution in [3.05, 3.63) is 64.7 Å². The molecule has 2 aliphatic rings. The number of hydrogen-bond donors (Lipinski definition) is 2. The molecule has 4 rings (SSSR count). The molecule has 2 heterocycles. The predicted octanol–water partition coefficient (Wildman–Crippen LogP) is 3.26. The molecule has 3 nitrogen and oxygen atoms in total. The second-order valence-electron chi connectivity index (χ2n) is 5.66. The van der Waals surface area contributed by atoms with E-state index in [2.05, 4.69) is 16.7 Å². The topological polar surface area (TPSA) is 41.1 Å². The molecule has 0 saturated carbocycles. The third kappa shape index (κ3) is 1.74. The van der Waals surface area contributed by atoms with Crippen molar-refractivity contribution in [3.63, 3.8) is 0 Å². The fraction of sp³-hybridized carbons (Fsp3) is 0.235. The molecule has 2 atom stereocenters. The van der Waals surface area contributed by atoms with Crippen LogP contribution in [0.4, 0.5) is 5.69 Å². The van der Waals surface area contributed by atoms with E-state index in [-0.39, 0.29) is 11.9 Å². The second kappa shape index (κ2) is 4.58. The van der Waals surface area contributed by atoms with Crippen LogP contribution in [0.3, 0.4) is 0 Å². The quantitative estimate of drug-likeness (QED) is 0.848. The van der Waals surface area contributed by atoms with Crippen LogP contribution >= 0.6 is 11.6 Å². The summed E-state index contributed by atoms with van der Waals surface area (Å²) in [5.41, 5.74) is 2.62. The zero-order valence-corrected chi connectivity index (χ0v) is 12.2. The van der Waals surface area contributed by atoms with E-state index in [4.69, 9.17) is 11.6 Å². The Morgan fingerprint density at radius 2 is 1.86 bits per heavy atom. The first-order valence-electron chi connectivity index (χ1n) is 7.11. The molecule has 2 N–H and O–H groups in total. The monoisotopic (exact) mass is 298 g/mol. The van der Waals surface area contributed by atoms with E-state index >= 15 is 0 Å².